The number of sulfonamides is 1. The molecule has 1 aliphatic rings. The minimum Gasteiger partial charge on any atom is -0.506 e. The molecule has 0 aliphatic carbocycles. The SMILES string of the molecule is CS(=O)(=O)N1CCN(c2cc3cnn(-c4cc(O)c(Cl)c(F)c4)c3cn2)CC1. The summed E-state index contributed by atoms with van der Waals surface area (Å²) in [6.07, 6.45) is 4.44. The van der Waals surface area contributed by atoms with E-state index in [9.17, 15) is 17.9 Å². The predicted molar refractivity (Wildman–Crippen MR) is 104 cm³/mol. The highest BCUT2D eigenvalue weighted by Crippen LogP contribution is 2.30. The Morgan fingerprint density at radius 1 is 1.14 bits per heavy atom. The number of piperazine rings is 1. The van der Waals surface area contributed by atoms with Crippen molar-refractivity contribution in [2.75, 3.05) is 37.3 Å². The Bertz CT molecular complexity index is 1140. The lowest BCUT2D eigenvalue weighted by Gasteiger charge is -2.33. The molecule has 8 nitrogen and oxygen atoms in total. The van der Waals surface area contributed by atoms with Gasteiger partial charge in [0.05, 0.1) is 29.9 Å². The van der Waals surface area contributed by atoms with Gasteiger partial charge in [-0.15, -0.1) is 0 Å². The maximum atomic E-state index is 13.9. The zero-order valence-corrected chi connectivity index (χ0v) is 16.5. The first-order valence-corrected chi connectivity index (χ1v) is 10.7. The van der Waals surface area contributed by atoms with Crippen LogP contribution < -0.4 is 4.90 Å². The molecule has 1 fully saturated rings. The lowest BCUT2D eigenvalue weighted by molar-refractivity contribution is 0.387. The molecule has 2 aromatic heterocycles. The molecule has 1 aliphatic heterocycles. The van der Waals surface area contributed by atoms with Crippen molar-refractivity contribution in [3.8, 4) is 11.4 Å². The highest BCUT2D eigenvalue weighted by molar-refractivity contribution is 7.88. The minimum atomic E-state index is -3.19. The number of aromatic hydroxyl groups is 1. The van der Waals surface area contributed by atoms with Gasteiger partial charge in [0, 0.05) is 43.7 Å². The number of halogens is 2. The largest absolute Gasteiger partial charge is 0.506 e. The smallest absolute Gasteiger partial charge is 0.211 e. The number of hydrogen-bond donors (Lipinski definition) is 1. The standard InChI is InChI=1S/C17H17ClFN5O3S/c1-28(26,27)23-4-2-22(3-5-23)16-6-11-9-21-24(14(11)10-20-16)12-7-13(19)17(18)15(25)8-12/h6-10,25H,2-5H2,1H3. The van der Waals surface area contributed by atoms with E-state index in [1.807, 2.05) is 11.0 Å². The average molecular weight is 426 g/mol. The summed E-state index contributed by atoms with van der Waals surface area (Å²) in [7, 11) is -3.19. The number of phenolic OH excluding ortho intramolecular Hbond substituents is 1. The number of benzene rings is 1. The van der Waals surface area contributed by atoms with Crippen molar-refractivity contribution in [1.29, 1.82) is 0 Å². The molecular weight excluding hydrogens is 409 g/mol. The predicted octanol–water partition coefficient (Wildman–Crippen LogP) is 2.00. The number of pyridine rings is 1. The van der Waals surface area contributed by atoms with Crippen molar-refractivity contribution < 1.29 is 17.9 Å². The van der Waals surface area contributed by atoms with E-state index < -0.39 is 15.8 Å². The first-order valence-electron chi connectivity index (χ1n) is 8.46. The van der Waals surface area contributed by atoms with Crippen LogP contribution in [0.3, 0.4) is 0 Å². The van der Waals surface area contributed by atoms with Crippen LogP contribution in [0.2, 0.25) is 5.02 Å². The number of anilines is 1. The first kappa shape index (κ1) is 18.9. The second kappa shape index (κ2) is 6.87. The summed E-state index contributed by atoms with van der Waals surface area (Å²) in [6, 6.07) is 4.37. The molecule has 0 spiro atoms. The second-order valence-corrected chi connectivity index (χ2v) is 8.93. The molecular formula is C17H17ClFN5O3S. The third-order valence-corrected chi connectivity index (χ3v) is 6.39. The fraction of sp³-hybridized carbons (Fsp3) is 0.294. The number of nitrogens with zero attached hydrogens (tertiary/aromatic N) is 5. The summed E-state index contributed by atoms with van der Waals surface area (Å²) >= 11 is 5.66. The van der Waals surface area contributed by atoms with Gasteiger partial charge in [-0.3, -0.25) is 0 Å². The quantitative estimate of drug-likeness (QED) is 0.690. The van der Waals surface area contributed by atoms with Gasteiger partial charge in [-0.2, -0.15) is 9.40 Å². The van der Waals surface area contributed by atoms with Crippen LogP contribution in [0.25, 0.3) is 16.6 Å². The summed E-state index contributed by atoms with van der Waals surface area (Å²) in [5.74, 6) is -0.396. The van der Waals surface area contributed by atoms with E-state index in [4.69, 9.17) is 11.6 Å². The molecule has 0 saturated carbocycles. The summed E-state index contributed by atoms with van der Waals surface area (Å²) < 4.78 is 40.0. The summed E-state index contributed by atoms with van der Waals surface area (Å²) in [5.41, 5.74) is 0.963. The van der Waals surface area contributed by atoms with Gasteiger partial charge in [0.1, 0.15) is 22.4 Å². The molecule has 3 heterocycles. The molecule has 1 N–H and O–H groups in total. The van der Waals surface area contributed by atoms with E-state index in [1.165, 1.54) is 27.4 Å². The molecule has 0 amide bonds. The molecule has 1 aromatic carbocycles. The fourth-order valence-corrected chi connectivity index (χ4v) is 4.16. The highest BCUT2D eigenvalue weighted by atomic mass is 35.5. The molecule has 148 valence electrons. The van der Waals surface area contributed by atoms with E-state index in [-0.39, 0.29) is 10.8 Å². The number of fused-ring (bicyclic) bond motifs is 1. The van der Waals surface area contributed by atoms with Crippen LogP contribution in [0.15, 0.2) is 30.6 Å². The van der Waals surface area contributed by atoms with E-state index in [0.717, 1.165) is 5.39 Å². The van der Waals surface area contributed by atoms with Crippen LogP contribution in [0.5, 0.6) is 5.75 Å². The molecule has 0 bridgehead atoms. The molecule has 3 aromatic rings. The summed E-state index contributed by atoms with van der Waals surface area (Å²) in [4.78, 5) is 6.46. The normalized spacial score (nSPS) is 16.0. The Labute approximate surface area is 165 Å². The molecule has 0 radical (unpaired) electrons. The lowest BCUT2D eigenvalue weighted by Crippen LogP contribution is -2.48. The van der Waals surface area contributed by atoms with Gasteiger partial charge in [0.25, 0.3) is 0 Å². The van der Waals surface area contributed by atoms with Crippen molar-refractivity contribution in [2.45, 2.75) is 0 Å². The Kier molecular flexibility index (Phi) is 4.64. The van der Waals surface area contributed by atoms with Gasteiger partial charge < -0.3 is 10.0 Å². The molecule has 28 heavy (non-hydrogen) atoms. The number of aromatic nitrogens is 3. The van der Waals surface area contributed by atoms with Crippen molar-refractivity contribution in [3.63, 3.8) is 0 Å². The summed E-state index contributed by atoms with van der Waals surface area (Å²) in [5, 5.41) is 14.5. The average Bonchev–Trinajstić information content (AvgIpc) is 3.08. The van der Waals surface area contributed by atoms with Gasteiger partial charge in [0.15, 0.2) is 0 Å². The van der Waals surface area contributed by atoms with Crippen LogP contribution in [0, 0.1) is 5.82 Å². The maximum Gasteiger partial charge on any atom is 0.211 e. The third kappa shape index (κ3) is 3.38. The molecule has 11 heteroatoms. The molecule has 1 saturated heterocycles. The van der Waals surface area contributed by atoms with Crippen LogP contribution in [-0.2, 0) is 10.0 Å². The minimum absolute atomic E-state index is 0.325. The van der Waals surface area contributed by atoms with Gasteiger partial charge >= 0.3 is 0 Å². The van der Waals surface area contributed by atoms with Gasteiger partial charge in [-0.1, -0.05) is 11.6 Å². The molecule has 0 unspecified atom stereocenters. The monoisotopic (exact) mass is 425 g/mol. The van der Waals surface area contributed by atoms with Crippen molar-refractivity contribution in [2.24, 2.45) is 0 Å². The molecule has 0 atom stereocenters. The van der Waals surface area contributed by atoms with Crippen LogP contribution >= 0.6 is 11.6 Å². The Morgan fingerprint density at radius 2 is 1.86 bits per heavy atom. The first-order chi connectivity index (χ1) is 13.2. The van der Waals surface area contributed by atoms with E-state index in [2.05, 4.69) is 10.1 Å². The number of hydrogen-bond acceptors (Lipinski definition) is 6. The highest BCUT2D eigenvalue weighted by Gasteiger charge is 2.24. The Balaban J connectivity index is 1.62. The Hall–Kier alpha value is -2.43. The Morgan fingerprint density at radius 3 is 2.50 bits per heavy atom. The van der Waals surface area contributed by atoms with Crippen LogP contribution in [0.1, 0.15) is 0 Å². The van der Waals surface area contributed by atoms with Crippen molar-refractivity contribution in [1.82, 2.24) is 19.1 Å². The topological polar surface area (TPSA) is 91.6 Å². The van der Waals surface area contributed by atoms with E-state index in [0.29, 0.717) is 43.2 Å². The zero-order valence-electron chi connectivity index (χ0n) is 14.9. The second-order valence-electron chi connectivity index (χ2n) is 6.57. The zero-order chi connectivity index (χ0) is 20.1. The lowest BCUT2D eigenvalue weighted by atomic mass is 10.2. The van der Waals surface area contributed by atoms with Gasteiger partial charge in [-0.25, -0.2) is 22.5 Å². The van der Waals surface area contributed by atoms with Crippen LogP contribution in [-0.4, -0.2) is 65.0 Å². The molecule has 4 rings (SSSR count). The third-order valence-electron chi connectivity index (χ3n) is 4.71. The number of rotatable bonds is 3. The van der Waals surface area contributed by atoms with E-state index >= 15 is 0 Å². The maximum absolute atomic E-state index is 13.9. The van der Waals surface area contributed by atoms with Crippen molar-refractivity contribution in [3.05, 3.63) is 41.4 Å². The fourth-order valence-electron chi connectivity index (χ4n) is 3.23. The summed E-state index contributed by atoms with van der Waals surface area (Å²) in [6.45, 7) is 1.88. The van der Waals surface area contributed by atoms with Gasteiger partial charge in [0.2, 0.25) is 10.0 Å². The van der Waals surface area contributed by atoms with E-state index in [1.54, 1.807) is 12.4 Å². The van der Waals surface area contributed by atoms with Crippen molar-refractivity contribution >= 4 is 38.3 Å². The van der Waals surface area contributed by atoms with Gasteiger partial charge in [-0.05, 0) is 6.07 Å². The number of phenols is 1. The van der Waals surface area contributed by atoms with Crippen LogP contribution in [0.4, 0.5) is 10.2 Å².